The number of hydrogen-bond acceptors (Lipinski definition) is 5. The fourth-order valence-electron chi connectivity index (χ4n) is 3.36. The average Bonchev–Trinajstić information content (AvgIpc) is 2.78. The molecular formula is C26H21NO5. The molecule has 0 fully saturated rings. The third-order valence-corrected chi connectivity index (χ3v) is 4.92. The molecule has 6 nitrogen and oxygen atoms in total. The largest absolute Gasteiger partial charge is 0.478 e. The molecule has 32 heavy (non-hydrogen) atoms. The summed E-state index contributed by atoms with van der Waals surface area (Å²) in [6, 6.07) is 21.0. The zero-order chi connectivity index (χ0) is 22.7. The minimum absolute atomic E-state index is 0.00392. The monoisotopic (exact) mass is 427 g/mol. The minimum atomic E-state index is -0.334. The highest BCUT2D eigenvalue weighted by molar-refractivity contribution is 5.98. The predicted molar refractivity (Wildman–Crippen MR) is 123 cm³/mol. The normalized spacial score (nSPS) is 10.7. The molecule has 0 atom stereocenters. The van der Waals surface area contributed by atoms with Crippen molar-refractivity contribution in [2.75, 3.05) is 11.9 Å². The quantitative estimate of drug-likeness (QED) is 0.438. The Balaban J connectivity index is 1.67. The van der Waals surface area contributed by atoms with Crippen LogP contribution in [0.2, 0.25) is 0 Å². The highest BCUT2D eigenvalue weighted by Gasteiger charge is 2.19. The lowest BCUT2D eigenvalue weighted by molar-refractivity contribution is -0.114. The molecule has 0 bridgehead atoms. The van der Waals surface area contributed by atoms with Crippen molar-refractivity contribution in [2.24, 2.45) is 0 Å². The van der Waals surface area contributed by atoms with Crippen molar-refractivity contribution in [3.8, 4) is 17.1 Å². The van der Waals surface area contributed by atoms with Gasteiger partial charge in [0.05, 0.1) is 5.39 Å². The second kappa shape index (κ2) is 8.89. The summed E-state index contributed by atoms with van der Waals surface area (Å²) in [6.07, 6.45) is 0. The summed E-state index contributed by atoms with van der Waals surface area (Å²) >= 11 is 0. The third-order valence-electron chi connectivity index (χ3n) is 4.92. The summed E-state index contributed by atoms with van der Waals surface area (Å²) < 4.78 is 11.8. The van der Waals surface area contributed by atoms with E-state index in [0.717, 1.165) is 5.56 Å². The van der Waals surface area contributed by atoms with Crippen molar-refractivity contribution < 1.29 is 18.7 Å². The first-order valence-electron chi connectivity index (χ1n) is 10.1. The van der Waals surface area contributed by atoms with Gasteiger partial charge in [0.2, 0.25) is 17.1 Å². The van der Waals surface area contributed by atoms with Crippen molar-refractivity contribution in [1.82, 2.24) is 0 Å². The topological polar surface area (TPSA) is 85.6 Å². The van der Waals surface area contributed by atoms with E-state index in [9.17, 15) is 14.4 Å². The lowest BCUT2D eigenvalue weighted by atomic mass is 10.1. The van der Waals surface area contributed by atoms with Gasteiger partial charge in [0.25, 0.3) is 0 Å². The van der Waals surface area contributed by atoms with Crippen LogP contribution in [0.15, 0.2) is 82.0 Å². The number of hydrogen-bond donors (Lipinski definition) is 1. The zero-order valence-electron chi connectivity index (χ0n) is 17.7. The molecular weight excluding hydrogens is 406 g/mol. The van der Waals surface area contributed by atoms with Gasteiger partial charge in [-0.1, -0.05) is 36.4 Å². The van der Waals surface area contributed by atoms with Gasteiger partial charge >= 0.3 is 0 Å². The Hall–Kier alpha value is -4.19. The van der Waals surface area contributed by atoms with Crippen LogP contribution < -0.4 is 15.5 Å². The van der Waals surface area contributed by atoms with E-state index >= 15 is 0 Å². The standard InChI is InChI=1S/C26H21NO5/c1-16-8-13-21-23(14-16)32-25(19-6-4-3-5-7-19)26(24(21)30)31-15-22(29)18-9-11-20(12-10-18)27-17(2)28/h3-14H,15H2,1-2H3,(H,27,28). The van der Waals surface area contributed by atoms with E-state index in [2.05, 4.69) is 5.32 Å². The number of rotatable bonds is 6. The molecule has 0 spiro atoms. The second-order valence-electron chi connectivity index (χ2n) is 7.43. The van der Waals surface area contributed by atoms with E-state index in [1.165, 1.54) is 6.92 Å². The van der Waals surface area contributed by atoms with Crippen LogP contribution in [0.4, 0.5) is 5.69 Å². The molecule has 0 saturated carbocycles. The van der Waals surface area contributed by atoms with Gasteiger partial charge in [-0.15, -0.1) is 0 Å². The van der Waals surface area contributed by atoms with Crippen LogP contribution >= 0.6 is 0 Å². The van der Waals surface area contributed by atoms with Gasteiger partial charge in [0.15, 0.2) is 18.2 Å². The molecule has 0 aliphatic carbocycles. The molecule has 4 rings (SSSR count). The number of fused-ring (bicyclic) bond motifs is 1. The molecule has 1 aromatic heterocycles. The lowest BCUT2D eigenvalue weighted by Gasteiger charge is -2.12. The number of carbonyl (C=O) groups is 2. The molecule has 0 radical (unpaired) electrons. The first-order valence-corrected chi connectivity index (χ1v) is 10.1. The summed E-state index contributed by atoms with van der Waals surface area (Å²) in [5.74, 6) is -0.223. The fourth-order valence-corrected chi connectivity index (χ4v) is 3.36. The van der Waals surface area contributed by atoms with Crippen molar-refractivity contribution in [3.63, 3.8) is 0 Å². The maximum atomic E-state index is 13.2. The van der Waals surface area contributed by atoms with Crippen molar-refractivity contribution in [3.05, 3.63) is 94.1 Å². The van der Waals surface area contributed by atoms with Crippen molar-refractivity contribution in [2.45, 2.75) is 13.8 Å². The Morgan fingerprint density at radius 1 is 0.969 bits per heavy atom. The summed E-state index contributed by atoms with van der Waals surface area (Å²) in [4.78, 5) is 37.0. The maximum Gasteiger partial charge on any atom is 0.235 e. The van der Waals surface area contributed by atoms with Gasteiger partial charge in [-0.25, -0.2) is 0 Å². The van der Waals surface area contributed by atoms with E-state index in [1.54, 1.807) is 36.4 Å². The highest BCUT2D eigenvalue weighted by Crippen LogP contribution is 2.31. The molecule has 4 aromatic rings. The van der Waals surface area contributed by atoms with Gasteiger partial charge in [-0.05, 0) is 48.9 Å². The van der Waals surface area contributed by atoms with Crippen molar-refractivity contribution >= 4 is 28.3 Å². The lowest BCUT2D eigenvalue weighted by Crippen LogP contribution is -2.17. The van der Waals surface area contributed by atoms with E-state index in [4.69, 9.17) is 9.15 Å². The van der Waals surface area contributed by atoms with E-state index < -0.39 is 0 Å². The van der Waals surface area contributed by atoms with Crippen LogP contribution in [0.25, 0.3) is 22.3 Å². The Kier molecular flexibility index (Phi) is 5.85. The Morgan fingerprint density at radius 3 is 2.38 bits per heavy atom. The first-order chi connectivity index (χ1) is 15.4. The molecule has 3 aromatic carbocycles. The van der Waals surface area contributed by atoms with Gasteiger partial charge in [0.1, 0.15) is 5.58 Å². The molecule has 1 heterocycles. The number of aryl methyl sites for hydroxylation is 1. The van der Waals surface area contributed by atoms with Crippen LogP contribution in [0, 0.1) is 6.92 Å². The molecule has 0 aliphatic rings. The zero-order valence-corrected chi connectivity index (χ0v) is 17.7. The van der Waals surface area contributed by atoms with Gasteiger partial charge in [-0.2, -0.15) is 0 Å². The third kappa shape index (κ3) is 4.44. The summed E-state index contributed by atoms with van der Waals surface area (Å²) in [5, 5.41) is 3.03. The smallest absolute Gasteiger partial charge is 0.235 e. The SMILES string of the molecule is CC(=O)Nc1ccc(C(=O)COc2c(-c3ccccc3)oc3cc(C)ccc3c2=O)cc1. The summed E-state index contributed by atoms with van der Waals surface area (Å²) in [7, 11) is 0. The number of nitrogens with one attached hydrogen (secondary N) is 1. The maximum absolute atomic E-state index is 13.2. The minimum Gasteiger partial charge on any atom is -0.478 e. The molecule has 0 aliphatic heterocycles. The van der Waals surface area contributed by atoms with Gasteiger partial charge in [-0.3, -0.25) is 14.4 Å². The van der Waals surface area contributed by atoms with Crippen LogP contribution in [0.1, 0.15) is 22.8 Å². The van der Waals surface area contributed by atoms with Crippen LogP contribution in [0.5, 0.6) is 5.75 Å². The molecule has 0 unspecified atom stereocenters. The van der Waals surface area contributed by atoms with E-state index in [1.807, 2.05) is 43.3 Å². The highest BCUT2D eigenvalue weighted by atomic mass is 16.5. The molecule has 0 saturated heterocycles. The van der Waals surface area contributed by atoms with Crippen LogP contribution in [0.3, 0.4) is 0 Å². The predicted octanol–water partition coefficient (Wildman–Crippen LogP) is 4.99. The number of carbonyl (C=O) groups excluding carboxylic acids is 2. The molecule has 6 heteroatoms. The molecule has 160 valence electrons. The van der Waals surface area contributed by atoms with Gasteiger partial charge in [0, 0.05) is 23.7 Å². The Bertz CT molecular complexity index is 1360. The second-order valence-corrected chi connectivity index (χ2v) is 7.43. The van der Waals surface area contributed by atoms with E-state index in [0.29, 0.717) is 27.8 Å². The number of benzene rings is 3. The van der Waals surface area contributed by atoms with E-state index in [-0.39, 0.29) is 35.2 Å². The number of amides is 1. The Morgan fingerprint density at radius 2 is 1.69 bits per heavy atom. The first kappa shape index (κ1) is 21.1. The average molecular weight is 427 g/mol. The van der Waals surface area contributed by atoms with Crippen LogP contribution in [-0.4, -0.2) is 18.3 Å². The Labute approximate surface area is 184 Å². The number of anilines is 1. The fraction of sp³-hybridized carbons (Fsp3) is 0.115. The van der Waals surface area contributed by atoms with Crippen LogP contribution in [-0.2, 0) is 4.79 Å². The van der Waals surface area contributed by atoms with Gasteiger partial charge < -0.3 is 14.5 Å². The molecule has 1 amide bonds. The van der Waals surface area contributed by atoms with Crippen molar-refractivity contribution in [1.29, 1.82) is 0 Å². The number of Topliss-reactive ketones (excluding diaryl/α,β-unsaturated/α-hetero) is 1. The number of ketones is 1. The number of ether oxygens (including phenoxy) is 1. The summed E-state index contributed by atoms with van der Waals surface area (Å²) in [5.41, 5.74) is 2.76. The molecule has 1 N–H and O–H groups in total. The summed E-state index contributed by atoms with van der Waals surface area (Å²) in [6.45, 7) is 3.00.